The van der Waals surface area contributed by atoms with Crippen molar-refractivity contribution in [3.63, 3.8) is 0 Å². The number of amides is 2. The zero-order valence-electron chi connectivity index (χ0n) is 11.4. The van der Waals surface area contributed by atoms with Crippen molar-refractivity contribution in [1.29, 1.82) is 0 Å². The Kier molecular flexibility index (Phi) is 3.68. The fourth-order valence-electron chi connectivity index (χ4n) is 2.32. The fraction of sp³-hybridized carbons (Fsp3) is 0.267. The van der Waals surface area contributed by atoms with Gasteiger partial charge in [-0.15, -0.1) is 0 Å². The van der Waals surface area contributed by atoms with Crippen molar-refractivity contribution >= 4 is 17.5 Å². The van der Waals surface area contributed by atoms with Crippen molar-refractivity contribution in [3.05, 3.63) is 48.2 Å². The molecule has 1 aliphatic rings. The van der Waals surface area contributed by atoms with Crippen molar-refractivity contribution in [3.8, 4) is 0 Å². The average molecular weight is 285 g/mol. The number of hydrogen-bond donors (Lipinski definition) is 1. The Bertz CT molecular complexity index is 652. The molecule has 0 aliphatic carbocycles. The molecule has 3 rings (SSSR count). The van der Waals surface area contributed by atoms with E-state index in [-0.39, 0.29) is 11.8 Å². The molecule has 0 atom stereocenters. The molecule has 21 heavy (non-hydrogen) atoms. The molecule has 0 spiro atoms. The standard InChI is InChI=1S/C15H15N3O3/c19-14-2-1-4-18(14)13-6-11(7-16-9-13)8-17-15(20)12-3-5-21-10-12/h3,5-7,9-10H,1-2,4,8H2,(H,17,20). The average Bonchev–Trinajstić information content (AvgIpc) is 3.16. The highest BCUT2D eigenvalue weighted by molar-refractivity contribution is 5.95. The number of nitrogens with one attached hydrogen (secondary N) is 1. The number of hydrogen-bond acceptors (Lipinski definition) is 4. The molecule has 3 heterocycles. The predicted octanol–water partition coefficient (Wildman–Crippen LogP) is 1.73. The van der Waals surface area contributed by atoms with Gasteiger partial charge in [-0.1, -0.05) is 0 Å². The van der Waals surface area contributed by atoms with Crippen molar-refractivity contribution in [2.45, 2.75) is 19.4 Å². The van der Waals surface area contributed by atoms with Crippen LogP contribution in [0, 0.1) is 0 Å². The monoisotopic (exact) mass is 285 g/mol. The van der Waals surface area contributed by atoms with Gasteiger partial charge in [0.2, 0.25) is 5.91 Å². The Morgan fingerprint density at radius 3 is 3.05 bits per heavy atom. The fourth-order valence-corrected chi connectivity index (χ4v) is 2.32. The van der Waals surface area contributed by atoms with Gasteiger partial charge < -0.3 is 14.6 Å². The lowest BCUT2D eigenvalue weighted by Gasteiger charge is -2.16. The second-order valence-electron chi connectivity index (χ2n) is 4.90. The van der Waals surface area contributed by atoms with E-state index in [0.29, 0.717) is 18.5 Å². The van der Waals surface area contributed by atoms with Crippen molar-refractivity contribution in [1.82, 2.24) is 10.3 Å². The van der Waals surface area contributed by atoms with E-state index in [9.17, 15) is 9.59 Å². The van der Waals surface area contributed by atoms with Crippen LogP contribution in [0.4, 0.5) is 5.69 Å². The largest absolute Gasteiger partial charge is 0.472 e. The lowest BCUT2D eigenvalue weighted by Crippen LogP contribution is -2.25. The maximum absolute atomic E-state index is 11.8. The third-order valence-corrected chi connectivity index (χ3v) is 3.40. The molecule has 0 bridgehead atoms. The Morgan fingerprint density at radius 1 is 1.43 bits per heavy atom. The van der Waals surface area contributed by atoms with Gasteiger partial charge in [0.15, 0.2) is 0 Å². The number of furan rings is 1. The summed E-state index contributed by atoms with van der Waals surface area (Å²) in [4.78, 5) is 29.4. The summed E-state index contributed by atoms with van der Waals surface area (Å²) >= 11 is 0. The quantitative estimate of drug-likeness (QED) is 0.928. The van der Waals surface area contributed by atoms with Gasteiger partial charge in [-0.05, 0) is 24.1 Å². The molecule has 1 saturated heterocycles. The number of anilines is 1. The molecule has 0 radical (unpaired) electrons. The molecule has 6 heteroatoms. The number of nitrogens with zero attached hydrogens (tertiary/aromatic N) is 2. The van der Waals surface area contributed by atoms with E-state index in [0.717, 1.165) is 24.2 Å². The summed E-state index contributed by atoms with van der Waals surface area (Å²) < 4.78 is 4.87. The van der Waals surface area contributed by atoms with Crippen LogP contribution in [0.1, 0.15) is 28.8 Å². The van der Waals surface area contributed by atoms with Crippen LogP contribution in [-0.4, -0.2) is 23.3 Å². The Morgan fingerprint density at radius 2 is 2.33 bits per heavy atom. The van der Waals surface area contributed by atoms with E-state index < -0.39 is 0 Å². The Hall–Kier alpha value is -2.63. The Balaban J connectivity index is 1.66. The molecule has 0 unspecified atom stereocenters. The highest BCUT2D eigenvalue weighted by Crippen LogP contribution is 2.21. The molecule has 6 nitrogen and oxygen atoms in total. The first-order valence-corrected chi connectivity index (χ1v) is 6.79. The van der Waals surface area contributed by atoms with Crippen LogP contribution in [-0.2, 0) is 11.3 Å². The predicted molar refractivity (Wildman–Crippen MR) is 75.7 cm³/mol. The van der Waals surface area contributed by atoms with E-state index >= 15 is 0 Å². The normalized spacial score (nSPS) is 14.5. The zero-order chi connectivity index (χ0) is 14.7. The van der Waals surface area contributed by atoms with E-state index in [1.54, 1.807) is 23.4 Å². The van der Waals surface area contributed by atoms with Gasteiger partial charge in [0.05, 0.1) is 23.7 Å². The van der Waals surface area contributed by atoms with Crippen LogP contribution < -0.4 is 10.2 Å². The number of aromatic nitrogens is 1. The van der Waals surface area contributed by atoms with Gasteiger partial charge in [-0.3, -0.25) is 14.6 Å². The molecule has 2 aromatic heterocycles. The van der Waals surface area contributed by atoms with Gasteiger partial charge in [0.25, 0.3) is 5.91 Å². The van der Waals surface area contributed by atoms with Gasteiger partial charge in [-0.25, -0.2) is 0 Å². The van der Waals surface area contributed by atoms with E-state index in [1.165, 1.54) is 12.5 Å². The third kappa shape index (κ3) is 2.94. The second-order valence-corrected chi connectivity index (χ2v) is 4.90. The SMILES string of the molecule is O=C(NCc1cncc(N2CCCC2=O)c1)c1ccoc1. The van der Waals surface area contributed by atoms with Crippen molar-refractivity contribution in [2.75, 3.05) is 11.4 Å². The molecule has 2 amide bonds. The summed E-state index contributed by atoms with van der Waals surface area (Å²) in [6.07, 6.45) is 7.66. The van der Waals surface area contributed by atoms with Gasteiger partial charge in [0, 0.05) is 25.7 Å². The van der Waals surface area contributed by atoms with Crippen molar-refractivity contribution < 1.29 is 14.0 Å². The van der Waals surface area contributed by atoms with Gasteiger partial charge >= 0.3 is 0 Å². The molecular formula is C15H15N3O3. The molecular weight excluding hydrogens is 270 g/mol. The summed E-state index contributed by atoms with van der Waals surface area (Å²) in [5, 5.41) is 2.79. The van der Waals surface area contributed by atoms with E-state index in [4.69, 9.17) is 4.42 Å². The van der Waals surface area contributed by atoms with Crippen LogP contribution in [0.15, 0.2) is 41.5 Å². The van der Waals surface area contributed by atoms with Crippen LogP contribution in [0.25, 0.3) is 0 Å². The maximum Gasteiger partial charge on any atom is 0.254 e. The van der Waals surface area contributed by atoms with Gasteiger partial charge in [0.1, 0.15) is 6.26 Å². The van der Waals surface area contributed by atoms with Crippen LogP contribution in [0.2, 0.25) is 0 Å². The summed E-state index contributed by atoms with van der Waals surface area (Å²) in [6, 6.07) is 3.48. The maximum atomic E-state index is 11.8. The lowest BCUT2D eigenvalue weighted by atomic mass is 10.2. The molecule has 1 N–H and O–H groups in total. The van der Waals surface area contributed by atoms with Crippen LogP contribution in [0.5, 0.6) is 0 Å². The smallest absolute Gasteiger partial charge is 0.254 e. The molecule has 0 aromatic carbocycles. The van der Waals surface area contributed by atoms with Crippen LogP contribution in [0.3, 0.4) is 0 Å². The molecule has 1 aliphatic heterocycles. The summed E-state index contributed by atoms with van der Waals surface area (Å²) in [6.45, 7) is 1.08. The number of rotatable bonds is 4. The first-order valence-electron chi connectivity index (χ1n) is 6.79. The lowest BCUT2D eigenvalue weighted by molar-refractivity contribution is -0.117. The minimum Gasteiger partial charge on any atom is -0.472 e. The van der Waals surface area contributed by atoms with E-state index in [2.05, 4.69) is 10.3 Å². The number of pyridine rings is 1. The minimum absolute atomic E-state index is 0.122. The summed E-state index contributed by atoms with van der Waals surface area (Å²) in [5.41, 5.74) is 2.12. The topological polar surface area (TPSA) is 75.4 Å². The number of carbonyl (C=O) groups is 2. The summed E-state index contributed by atoms with van der Waals surface area (Å²) in [5.74, 6) is -0.0808. The first kappa shape index (κ1) is 13.4. The molecule has 0 saturated carbocycles. The Labute approximate surface area is 121 Å². The molecule has 2 aromatic rings. The zero-order valence-corrected chi connectivity index (χ0v) is 11.4. The molecule has 108 valence electrons. The number of carbonyl (C=O) groups excluding carboxylic acids is 2. The first-order chi connectivity index (χ1) is 10.2. The van der Waals surface area contributed by atoms with Crippen molar-refractivity contribution in [2.24, 2.45) is 0 Å². The highest BCUT2D eigenvalue weighted by Gasteiger charge is 2.22. The minimum atomic E-state index is -0.202. The molecule has 1 fully saturated rings. The highest BCUT2D eigenvalue weighted by atomic mass is 16.3. The summed E-state index contributed by atoms with van der Waals surface area (Å²) in [7, 11) is 0. The third-order valence-electron chi connectivity index (χ3n) is 3.40. The van der Waals surface area contributed by atoms with Gasteiger partial charge in [-0.2, -0.15) is 0 Å². The second kappa shape index (κ2) is 5.78. The van der Waals surface area contributed by atoms with E-state index in [1.807, 2.05) is 6.07 Å². The van der Waals surface area contributed by atoms with Crippen LogP contribution >= 0.6 is 0 Å².